The first-order valence-corrected chi connectivity index (χ1v) is 9.88. The van der Waals surface area contributed by atoms with E-state index >= 15 is 0 Å². The number of carbonyl (C=O) groups excluding carboxylic acids is 1. The third-order valence-electron chi connectivity index (χ3n) is 7.12. The van der Waals surface area contributed by atoms with Gasteiger partial charge in [0, 0.05) is 23.2 Å². The molecule has 1 heterocycles. The summed E-state index contributed by atoms with van der Waals surface area (Å²) in [5.74, 6) is -0.557. The zero-order chi connectivity index (χ0) is 19.8. The highest BCUT2D eigenvalue weighted by Gasteiger charge is 2.54. The van der Waals surface area contributed by atoms with Crippen LogP contribution in [0.5, 0.6) is 0 Å². The maximum absolute atomic E-state index is 12.1. The van der Waals surface area contributed by atoms with E-state index in [4.69, 9.17) is 9.47 Å². The predicted molar refractivity (Wildman–Crippen MR) is 102 cm³/mol. The second-order valence-electron chi connectivity index (χ2n) is 8.53. The minimum Gasteiger partial charge on any atom is -0.478 e. The molecule has 1 fully saturated rings. The zero-order valence-corrected chi connectivity index (χ0v) is 16.7. The largest absolute Gasteiger partial charge is 0.478 e. The van der Waals surface area contributed by atoms with E-state index in [1.807, 2.05) is 13.0 Å². The van der Waals surface area contributed by atoms with Crippen molar-refractivity contribution < 1.29 is 24.2 Å². The number of ether oxygens (including phenoxy) is 2. The van der Waals surface area contributed by atoms with Crippen LogP contribution >= 0.6 is 0 Å². The van der Waals surface area contributed by atoms with Crippen molar-refractivity contribution in [1.29, 1.82) is 0 Å². The fourth-order valence-corrected chi connectivity index (χ4v) is 5.22. The van der Waals surface area contributed by atoms with Crippen LogP contribution in [0, 0.1) is 22.7 Å². The molecule has 0 aromatic heterocycles. The van der Waals surface area contributed by atoms with Crippen molar-refractivity contribution in [3.05, 3.63) is 35.5 Å². The molecule has 0 spiro atoms. The third-order valence-corrected chi connectivity index (χ3v) is 7.12. The summed E-state index contributed by atoms with van der Waals surface area (Å²) < 4.78 is 10.6. The first-order chi connectivity index (χ1) is 12.7. The van der Waals surface area contributed by atoms with E-state index in [1.165, 1.54) is 0 Å². The molecule has 1 unspecified atom stereocenters. The van der Waals surface area contributed by atoms with Gasteiger partial charge in [-0.1, -0.05) is 39.0 Å². The molecule has 27 heavy (non-hydrogen) atoms. The summed E-state index contributed by atoms with van der Waals surface area (Å²) in [6.45, 7) is 8.94. The van der Waals surface area contributed by atoms with Gasteiger partial charge in [-0.2, -0.15) is 0 Å². The van der Waals surface area contributed by atoms with Gasteiger partial charge < -0.3 is 14.6 Å². The molecule has 0 radical (unpaired) electrons. The highest BCUT2D eigenvalue weighted by Crippen LogP contribution is 2.60. The van der Waals surface area contributed by atoms with E-state index in [-0.39, 0.29) is 22.7 Å². The van der Waals surface area contributed by atoms with Crippen LogP contribution in [0.2, 0.25) is 0 Å². The van der Waals surface area contributed by atoms with Crippen LogP contribution in [0.4, 0.5) is 0 Å². The number of carboxylic acid groups (broad SMARTS) is 1. The molecule has 0 aromatic carbocycles. The number of aliphatic carboxylic acids is 1. The fourth-order valence-electron chi connectivity index (χ4n) is 5.22. The SMILES string of the molecule is CCOC1C=C(CC[C@]2(C)[C@@H](C)CC[C@@]3(C)C(C(=O)O)=CC=C[C@@H]23)C(=O)O1. The topological polar surface area (TPSA) is 72.8 Å². The Bertz CT molecular complexity index is 718. The summed E-state index contributed by atoms with van der Waals surface area (Å²) in [5.41, 5.74) is 0.704. The number of carboxylic acids is 1. The second kappa shape index (κ2) is 7.27. The van der Waals surface area contributed by atoms with Crippen LogP contribution in [0.3, 0.4) is 0 Å². The molecule has 0 aromatic rings. The van der Waals surface area contributed by atoms with Gasteiger partial charge in [-0.05, 0) is 55.9 Å². The maximum Gasteiger partial charge on any atom is 0.336 e. The van der Waals surface area contributed by atoms with E-state index in [1.54, 1.807) is 12.2 Å². The molecule has 3 aliphatic rings. The summed E-state index contributed by atoms with van der Waals surface area (Å²) in [5, 5.41) is 9.71. The smallest absolute Gasteiger partial charge is 0.336 e. The van der Waals surface area contributed by atoms with Crippen molar-refractivity contribution in [3.8, 4) is 0 Å². The number of hydrogen-bond acceptors (Lipinski definition) is 4. The van der Waals surface area contributed by atoms with Crippen molar-refractivity contribution >= 4 is 11.9 Å². The lowest BCUT2D eigenvalue weighted by Crippen LogP contribution is -2.49. The first kappa shape index (κ1) is 19.9. The fraction of sp³-hybridized carbons (Fsp3) is 0.636. The molecule has 0 saturated heterocycles. The van der Waals surface area contributed by atoms with Crippen LogP contribution < -0.4 is 0 Å². The Balaban J connectivity index is 1.82. The minimum absolute atomic E-state index is 0.0940. The van der Waals surface area contributed by atoms with Gasteiger partial charge in [0.15, 0.2) is 0 Å². The number of rotatable bonds is 6. The van der Waals surface area contributed by atoms with Gasteiger partial charge in [0.25, 0.3) is 0 Å². The van der Waals surface area contributed by atoms with Crippen molar-refractivity contribution in [1.82, 2.24) is 0 Å². The molecule has 1 aliphatic heterocycles. The number of hydrogen-bond donors (Lipinski definition) is 1. The molecule has 3 rings (SSSR count). The van der Waals surface area contributed by atoms with Gasteiger partial charge in [-0.25, -0.2) is 9.59 Å². The normalized spacial score (nSPS) is 38.1. The van der Waals surface area contributed by atoms with Gasteiger partial charge in [0.05, 0.1) is 0 Å². The molecular weight excluding hydrogens is 344 g/mol. The maximum atomic E-state index is 12.1. The number of fused-ring (bicyclic) bond motifs is 1. The van der Waals surface area contributed by atoms with Crippen LogP contribution in [-0.2, 0) is 19.1 Å². The molecule has 148 valence electrons. The summed E-state index contributed by atoms with van der Waals surface area (Å²) in [6, 6.07) is 0. The van der Waals surface area contributed by atoms with Crippen molar-refractivity contribution in [2.75, 3.05) is 6.61 Å². The van der Waals surface area contributed by atoms with Gasteiger partial charge in [0.2, 0.25) is 6.29 Å². The average Bonchev–Trinajstić information content (AvgIpc) is 2.96. The van der Waals surface area contributed by atoms with Crippen molar-refractivity contribution in [2.45, 2.75) is 59.7 Å². The molecule has 0 bridgehead atoms. The first-order valence-electron chi connectivity index (χ1n) is 9.88. The Labute approximate surface area is 161 Å². The lowest BCUT2D eigenvalue weighted by atomic mass is 9.48. The Morgan fingerprint density at radius 1 is 1.41 bits per heavy atom. The molecule has 1 N–H and O–H groups in total. The number of carbonyl (C=O) groups is 2. The Morgan fingerprint density at radius 2 is 2.15 bits per heavy atom. The van der Waals surface area contributed by atoms with Crippen molar-refractivity contribution in [2.24, 2.45) is 22.7 Å². The van der Waals surface area contributed by atoms with E-state index in [2.05, 4.69) is 26.8 Å². The van der Waals surface area contributed by atoms with Crippen molar-refractivity contribution in [3.63, 3.8) is 0 Å². The zero-order valence-electron chi connectivity index (χ0n) is 16.7. The number of esters is 1. The quantitative estimate of drug-likeness (QED) is 0.704. The summed E-state index contributed by atoms with van der Waals surface area (Å²) in [6.07, 6.45) is 10.3. The Hall–Kier alpha value is -1.88. The summed E-state index contributed by atoms with van der Waals surface area (Å²) >= 11 is 0. The highest BCUT2D eigenvalue weighted by atomic mass is 16.7. The minimum atomic E-state index is -0.828. The van der Waals surface area contributed by atoms with Gasteiger partial charge >= 0.3 is 11.9 Å². The molecule has 1 saturated carbocycles. The lowest BCUT2D eigenvalue weighted by Gasteiger charge is -2.56. The van der Waals surface area contributed by atoms with E-state index in [0.717, 1.165) is 19.3 Å². The third kappa shape index (κ3) is 3.38. The highest BCUT2D eigenvalue weighted by molar-refractivity contribution is 5.90. The number of allylic oxidation sites excluding steroid dienone is 3. The molecule has 0 amide bonds. The molecule has 2 aliphatic carbocycles. The molecule has 5 heteroatoms. The predicted octanol–water partition coefficient (Wildman–Crippen LogP) is 4.25. The van der Waals surface area contributed by atoms with Gasteiger partial charge in [-0.15, -0.1) is 0 Å². The molecule has 5 atom stereocenters. The Kier molecular flexibility index (Phi) is 5.35. The van der Waals surface area contributed by atoms with Crippen LogP contribution in [0.25, 0.3) is 0 Å². The number of cyclic esters (lactones) is 1. The lowest BCUT2D eigenvalue weighted by molar-refractivity contribution is -0.158. The monoisotopic (exact) mass is 374 g/mol. The average molecular weight is 374 g/mol. The van der Waals surface area contributed by atoms with Gasteiger partial charge in [0.1, 0.15) is 0 Å². The standard InChI is InChI=1S/C22H30O5/c1-5-26-18-13-15(20(25)27-18)10-12-21(3)14(2)9-11-22(4)16(19(23)24)7-6-8-17(21)22/h6-8,13-14,17-18H,5,9-12H2,1-4H3,(H,23,24)/t14-,17-,18?,21+,22-/m0/s1. The molecule has 5 nitrogen and oxygen atoms in total. The van der Waals surface area contributed by atoms with E-state index in [9.17, 15) is 14.7 Å². The second-order valence-corrected chi connectivity index (χ2v) is 8.53. The van der Waals surface area contributed by atoms with Gasteiger partial charge in [-0.3, -0.25) is 0 Å². The van der Waals surface area contributed by atoms with Crippen LogP contribution in [0.1, 0.15) is 53.4 Å². The van der Waals surface area contributed by atoms with Crippen LogP contribution in [-0.4, -0.2) is 29.9 Å². The summed E-state index contributed by atoms with van der Waals surface area (Å²) in [4.78, 5) is 24.0. The van der Waals surface area contributed by atoms with E-state index < -0.39 is 12.3 Å². The van der Waals surface area contributed by atoms with Crippen LogP contribution in [0.15, 0.2) is 35.5 Å². The summed E-state index contributed by atoms with van der Waals surface area (Å²) in [7, 11) is 0. The van der Waals surface area contributed by atoms with E-state index in [0.29, 0.717) is 30.1 Å². The Morgan fingerprint density at radius 3 is 2.81 bits per heavy atom. The molecular formula is C22H30O5.